The fraction of sp³-hybridized carbons (Fsp3) is 0.0952. The third kappa shape index (κ3) is 4.60. The number of aryl methyl sites for hydroxylation is 2. The highest BCUT2D eigenvalue weighted by Crippen LogP contribution is 2.27. The van der Waals surface area contributed by atoms with E-state index in [4.69, 9.17) is 11.6 Å². The van der Waals surface area contributed by atoms with E-state index in [1.165, 1.54) is 12.1 Å². The van der Waals surface area contributed by atoms with Gasteiger partial charge in [-0.3, -0.25) is 9.52 Å². The van der Waals surface area contributed by atoms with Crippen LogP contribution in [0, 0.1) is 25.5 Å². The summed E-state index contributed by atoms with van der Waals surface area (Å²) in [5.41, 5.74) is 1.27. The van der Waals surface area contributed by atoms with E-state index in [-0.39, 0.29) is 15.5 Å². The average molecular weight is 451 g/mol. The van der Waals surface area contributed by atoms with Crippen LogP contribution in [0.1, 0.15) is 21.5 Å². The molecule has 0 fully saturated rings. The molecule has 156 valence electrons. The minimum absolute atomic E-state index is 0.110. The number of halogens is 3. The third-order valence-electron chi connectivity index (χ3n) is 4.31. The van der Waals surface area contributed by atoms with Gasteiger partial charge in [-0.1, -0.05) is 35.4 Å². The number of benzene rings is 3. The van der Waals surface area contributed by atoms with E-state index < -0.39 is 33.3 Å². The van der Waals surface area contributed by atoms with Crippen LogP contribution in [-0.4, -0.2) is 14.3 Å². The average Bonchev–Trinajstić information content (AvgIpc) is 2.67. The number of anilines is 2. The predicted octanol–water partition coefficient (Wildman–Crippen LogP) is 5.29. The highest BCUT2D eigenvalue weighted by Gasteiger charge is 2.22. The van der Waals surface area contributed by atoms with Gasteiger partial charge in [0.25, 0.3) is 15.9 Å². The van der Waals surface area contributed by atoms with Gasteiger partial charge < -0.3 is 5.32 Å². The summed E-state index contributed by atoms with van der Waals surface area (Å²) < 4.78 is 55.7. The van der Waals surface area contributed by atoms with Gasteiger partial charge in [-0.05, 0) is 55.8 Å². The number of nitrogens with one attached hydrogen (secondary N) is 2. The lowest BCUT2D eigenvalue weighted by atomic mass is 10.1. The lowest BCUT2D eigenvalue weighted by Gasteiger charge is -2.13. The van der Waals surface area contributed by atoms with Crippen molar-refractivity contribution in [3.8, 4) is 0 Å². The second kappa shape index (κ2) is 8.41. The van der Waals surface area contributed by atoms with Crippen LogP contribution in [0.3, 0.4) is 0 Å². The van der Waals surface area contributed by atoms with Gasteiger partial charge in [-0.25, -0.2) is 17.2 Å². The number of rotatable bonds is 5. The van der Waals surface area contributed by atoms with Crippen molar-refractivity contribution in [1.29, 1.82) is 0 Å². The van der Waals surface area contributed by atoms with Crippen LogP contribution in [0.5, 0.6) is 0 Å². The summed E-state index contributed by atoms with van der Waals surface area (Å²) >= 11 is 6.06. The zero-order valence-corrected chi connectivity index (χ0v) is 17.5. The number of sulfonamides is 1. The van der Waals surface area contributed by atoms with Crippen LogP contribution in [0.15, 0.2) is 59.5 Å². The molecule has 0 saturated carbocycles. The van der Waals surface area contributed by atoms with Crippen LogP contribution >= 0.6 is 11.6 Å². The summed E-state index contributed by atoms with van der Waals surface area (Å²) in [6.07, 6.45) is 0. The van der Waals surface area contributed by atoms with Crippen molar-refractivity contribution in [2.45, 2.75) is 18.7 Å². The van der Waals surface area contributed by atoms with Crippen LogP contribution in [0.2, 0.25) is 5.02 Å². The van der Waals surface area contributed by atoms with E-state index >= 15 is 0 Å². The van der Waals surface area contributed by atoms with Crippen molar-refractivity contribution in [2.75, 3.05) is 10.0 Å². The van der Waals surface area contributed by atoms with E-state index in [0.717, 1.165) is 29.8 Å². The van der Waals surface area contributed by atoms with Gasteiger partial charge in [0.1, 0.15) is 22.2 Å². The van der Waals surface area contributed by atoms with Crippen molar-refractivity contribution >= 4 is 38.9 Å². The Morgan fingerprint density at radius 3 is 2.27 bits per heavy atom. The van der Waals surface area contributed by atoms with Crippen LogP contribution in [-0.2, 0) is 10.0 Å². The van der Waals surface area contributed by atoms with Crippen molar-refractivity contribution in [3.63, 3.8) is 0 Å². The lowest BCUT2D eigenvalue weighted by Crippen LogP contribution is -2.17. The summed E-state index contributed by atoms with van der Waals surface area (Å²) in [7, 11) is -4.13. The largest absolute Gasteiger partial charge is 0.317 e. The summed E-state index contributed by atoms with van der Waals surface area (Å²) in [5, 5.41) is 2.00. The summed E-state index contributed by atoms with van der Waals surface area (Å²) in [6.45, 7) is 3.63. The molecule has 0 saturated heterocycles. The number of hydrogen-bond acceptors (Lipinski definition) is 3. The number of carbonyl (C=O) groups is 1. The van der Waals surface area contributed by atoms with Gasteiger partial charge in [-0.15, -0.1) is 0 Å². The molecule has 0 aliphatic rings. The van der Waals surface area contributed by atoms with E-state index in [0.29, 0.717) is 11.3 Å². The molecule has 9 heteroatoms. The molecule has 2 N–H and O–H groups in total. The molecule has 0 aliphatic heterocycles. The molecule has 0 aliphatic carbocycles. The molecule has 0 unspecified atom stereocenters. The van der Waals surface area contributed by atoms with Crippen molar-refractivity contribution in [3.05, 3.63) is 87.9 Å². The standard InChI is InChI=1S/C21H17ClF2N2O3S/c1-12-6-9-18(13(2)10-12)26-30(28,29)19-11-14(7-8-15(19)22)21(27)25-20-16(23)4-3-5-17(20)24/h3-11,26H,1-2H3,(H,25,27). The molecule has 5 nitrogen and oxygen atoms in total. The second-order valence-electron chi connectivity index (χ2n) is 6.62. The first kappa shape index (κ1) is 21.7. The Morgan fingerprint density at radius 1 is 0.967 bits per heavy atom. The van der Waals surface area contributed by atoms with Gasteiger partial charge in [0.05, 0.1) is 10.7 Å². The minimum atomic E-state index is -4.13. The summed E-state index contributed by atoms with van der Waals surface area (Å²) in [6, 6.07) is 11.8. The molecular weight excluding hydrogens is 434 g/mol. The molecule has 3 aromatic rings. The molecule has 0 spiro atoms. The number of carbonyl (C=O) groups excluding carboxylic acids is 1. The molecule has 3 aromatic carbocycles. The van der Waals surface area contributed by atoms with Crippen molar-refractivity contribution < 1.29 is 22.0 Å². The third-order valence-corrected chi connectivity index (χ3v) is 6.16. The quantitative estimate of drug-likeness (QED) is 0.554. The smallest absolute Gasteiger partial charge is 0.263 e. The van der Waals surface area contributed by atoms with E-state index in [1.807, 2.05) is 13.0 Å². The first-order valence-corrected chi connectivity index (χ1v) is 10.6. The first-order valence-electron chi connectivity index (χ1n) is 8.73. The Balaban J connectivity index is 1.93. The molecular formula is C21H17ClF2N2O3S. The highest BCUT2D eigenvalue weighted by atomic mass is 35.5. The van der Waals surface area contributed by atoms with Gasteiger partial charge in [0, 0.05) is 5.56 Å². The normalized spacial score (nSPS) is 11.2. The predicted molar refractivity (Wildman–Crippen MR) is 112 cm³/mol. The maximum absolute atomic E-state index is 13.8. The second-order valence-corrected chi connectivity index (χ2v) is 8.68. The maximum Gasteiger partial charge on any atom is 0.263 e. The van der Waals surface area contributed by atoms with Crippen LogP contribution in [0.25, 0.3) is 0 Å². The zero-order valence-electron chi connectivity index (χ0n) is 16.0. The SMILES string of the molecule is Cc1ccc(NS(=O)(=O)c2cc(C(=O)Nc3c(F)cccc3F)ccc2Cl)c(C)c1. The minimum Gasteiger partial charge on any atom is -0.317 e. The van der Waals surface area contributed by atoms with Gasteiger partial charge in [0.15, 0.2) is 0 Å². The molecule has 0 aromatic heterocycles. The maximum atomic E-state index is 13.8. The highest BCUT2D eigenvalue weighted by molar-refractivity contribution is 7.92. The van der Waals surface area contributed by atoms with E-state index in [2.05, 4.69) is 10.0 Å². The van der Waals surface area contributed by atoms with Gasteiger partial charge in [-0.2, -0.15) is 0 Å². The van der Waals surface area contributed by atoms with Gasteiger partial charge >= 0.3 is 0 Å². The van der Waals surface area contributed by atoms with Crippen molar-refractivity contribution in [1.82, 2.24) is 0 Å². The lowest BCUT2D eigenvalue weighted by molar-refractivity contribution is 0.102. The van der Waals surface area contributed by atoms with E-state index in [1.54, 1.807) is 19.1 Å². The van der Waals surface area contributed by atoms with Crippen LogP contribution < -0.4 is 10.0 Å². The zero-order chi connectivity index (χ0) is 22.1. The Labute approximate surface area is 177 Å². The van der Waals surface area contributed by atoms with Crippen LogP contribution in [0.4, 0.5) is 20.2 Å². The summed E-state index contributed by atoms with van der Waals surface area (Å²) in [4.78, 5) is 12.1. The Kier molecular flexibility index (Phi) is 6.09. The topological polar surface area (TPSA) is 75.3 Å². The Hall–Kier alpha value is -2.97. The van der Waals surface area contributed by atoms with Crippen molar-refractivity contribution in [2.24, 2.45) is 0 Å². The van der Waals surface area contributed by atoms with Gasteiger partial charge in [0.2, 0.25) is 0 Å². The molecule has 0 bridgehead atoms. The monoisotopic (exact) mass is 450 g/mol. The molecule has 1 amide bonds. The molecule has 0 atom stereocenters. The number of para-hydroxylation sites is 1. The fourth-order valence-electron chi connectivity index (χ4n) is 2.78. The molecule has 3 rings (SSSR count). The molecule has 0 radical (unpaired) electrons. The Morgan fingerprint density at radius 2 is 1.63 bits per heavy atom. The first-order chi connectivity index (χ1) is 14.1. The molecule has 30 heavy (non-hydrogen) atoms. The molecule has 0 heterocycles. The van der Waals surface area contributed by atoms with E-state index in [9.17, 15) is 22.0 Å². The summed E-state index contributed by atoms with van der Waals surface area (Å²) in [5.74, 6) is -2.80. The fourth-order valence-corrected chi connectivity index (χ4v) is 4.44. The number of hydrogen-bond donors (Lipinski definition) is 2. The number of amides is 1. The Bertz CT molecular complexity index is 1230.